The maximum atomic E-state index is 10.7. The van der Waals surface area contributed by atoms with Gasteiger partial charge in [-0.25, -0.2) is 4.98 Å². The van der Waals surface area contributed by atoms with Gasteiger partial charge in [0.1, 0.15) is 0 Å². The second-order valence-electron chi connectivity index (χ2n) is 5.80. The van der Waals surface area contributed by atoms with Gasteiger partial charge in [-0.1, -0.05) is 38.5 Å². The molecular weight excluding hydrogens is 272 g/mol. The van der Waals surface area contributed by atoms with Crippen molar-refractivity contribution in [3.8, 4) is 0 Å². The van der Waals surface area contributed by atoms with E-state index in [-0.39, 0.29) is 5.75 Å². The van der Waals surface area contributed by atoms with Crippen molar-refractivity contribution in [1.29, 1.82) is 0 Å². The van der Waals surface area contributed by atoms with Crippen molar-refractivity contribution in [2.45, 2.75) is 57.7 Å². The van der Waals surface area contributed by atoms with E-state index >= 15 is 0 Å². The van der Waals surface area contributed by atoms with Crippen molar-refractivity contribution in [3.05, 3.63) is 11.9 Å². The summed E-state index contributed by atoms with van der Waals surface area (Å²) in [6, 6.07) is 0. The van der Waals surface area contributed by atoms with Crippen molar-refractivity contribution >= 4 is 17.7 Å². The molecule has 20 heavy (non-hydrogen) atoms. The lowest BCUT2D eigenvalue weighted by Gasteiger charge is -2.27. The van der Waals surface area contributed by atoms with Crippen molar-refractivity contribution in [2.75, 3.05) is 5.75 Å². The maximum absolute atomic E-state index is 10.7. The molecule has 2 rings (SSSR count). The molecule has 0 atom stereocenters. The third-order valence-corrected chi connectivity index (χ3v) is 5.14. The van der Waals surface area contributed by atoms with Crippen LogP contribution in [0.25, 0.3) is 0 Å². The minimum atomic E-state index is -0.783. The Balaban J connectivity index is 2.04. The predicted molar refractivity (Wildman–Crippen MR) is 81.1 cm³/mol. The minimum absolute atomic E-state index is 0.0852. The van der Waals surface area contributed by atoms with E-state index in [0.29, 0.717) is 0 Å². The van der Waals surface area contributed by atoms with Crippen LogP contribution < -0.4 is 0 Å². The molecule has 1 fully saturated rings. The molecule has 0 bridgehead atoms. The van der Waals surface area contributed by atoms with Crippen molar-refractivity contribution in [1.82, 2.24) is 9.55 Å². The Bertz CT molecular complexity index is 451. The van der Waals surface area contributed by atoms with Crippen LogP contribution in [0, 0.1) is 11.8 Å². The molecular formula is C15H24N2O2S. The summed E-state index contributed by atoms with van der Waals surface area (Å²) in [5.41, 5.74) is 1.22. The maximum Gasteiger partial charge on any atom is 0.313 e. The summed E-state index contributed by atoms with van der Waals surface area (Å²) in [4.78, 5) is 15.1. The second kappa shape index (κ2) is 7.16. The molecule has 0 aromatic carbocycles. The van der Waals surface area contributed by atoms with Gasteiger partial charge in [-0.2, -0.15) is 0 Å². The molecule has 1 aliphatic rings. The highest BCUT2D eigenvalue weighted by Crippen LogP contribution is 2.31. The van der Waals surface area contributed by atoms with Gasteiger partial charge < -0.3 is 9.67 Å². The first kappa shape index (κ1) is 15.4. The van der Waals surface area contributed by atoms with Crippen LogP contribution in [-0.4, -0.2) is 26.4 Å². The van der Waals surface area contributed by atoms with Crippen LogP contribution in [0.15, 0.2) is 11.4 Å². The molecule has 1 aromatic heterocycles. The first-order valence-electron chi connectivity index (χ1n) is 7.49. The molecule has 0 unspecified atom stereocenters. The lowest BCUT2D eigenvalue weighted by Crippen LogP contribution is -2.19. The van der Waals surface area contributed by atoms with Gasteiger partial charge >= 0.3 is 5.97 Å². The number of aromatic nitrogens is 2. The Morgan fingerprint density at radius 3 is 2.75 bits per heavy atom. The number of thioether (sulfide) groups is 1. The van der Waals surface area contributed by atoms with E-state index in [9.17, 15) is 4.79 Å². The minimum Gasteiger partial charge on any atom is -0.481 e. The van der Waals surface area contributed by atoms with E-state index in [1.807, 2.05) is 6.20 Å². The third-order valence-electron chi connectivity index (χ3n) is 4.16. The molecule has 1 aliphatic carbocycles. The van der Waals surface area contributed by atoms with Crippen molar-refractivity contribution in [2.24, 2.45) is 11.8 Å². The fraction of sp³-hybridized carbons (Fsp3) is 0.733. The molecule has 1 aromatic rings. The highest BCUT2D eigenvalue weighted by molar-refractivity contribution is 7.99. The Labute approximate surface area is 125 Å². The summed E-state index contributed by atoms with van der Waals surface area (Å²) in [5.74, 6) is 0.881. The molecule has 1 N–H and O–H groups in total. The summed E-state index contributed by atoms with van der Waals surface area (Å²) < 4.78 is 2.24. The van der Waals surface area contributed by atoms with Gasteiger partial charge in [0.15, 0.2) is 5.16 Å². The molecule has 0 amide bonds. The fourth-order valence-electron chi connectivity index (χ4n) is 2.88. The number of imidazole rings is 1. The zero-order valence-electron chi connectivity index (χ0n) is 12.3. The predicted octanol–water partition coefficient (Wildman–Crippen LogP) is 3.45. The summed E-state index contributed by atoms with van der Waals surface area (Å²) >= 11 is 1.33. The molecule has 0 radical (unpaired) electrons. The van der Waals surface area contributed by atoms with Crippen LogP contribution in [0.5, 0.6) is 0 Å². The molecule has 1 heterocycles. The van der Waals surface area contributed by atoms with Crippen LogP contribution in [0.2, 0.25) is 0 Å². The van der Waals surface area contributed by atoms with Crippen LogP contribution in [0.1, 0.15) is 45.2 Å². The Hall–Kier alpha value is -0.970. The second-order valence-corrected chi connectivity index (χ2v) is 6.75. The summed E-state index contributed by atoms with van der Waals surface area (Å²) in [7, 11) is 0. The highest BCUT2D eigenvalue weighted by Gasteiger charge is 2.21. The van der Waals surface area contributed by atoms with Gasteiger partial charge in [-0.05, 0) is 31.1 Å². The average Bonchev–Trinajstić information content (AvgIpc) is 2.81. The highest BCUT2D eigenvalue weighted by atomic mass is 32.2. The number of aliphatic carboxylic acids is 1. The largest absolute Gasteiger partial charge is 0.481 e. The van der Waals surface area contributed by atoms with Crippen LogP contribution >= 0.6 is 11.8 Å². The monoisotopic (exact) mass is 296 g/mol. The van der Waals surface area contributed by atoms with Gasteiger partial charge in [0.2, 0.25) is 0 Å². The number of carboxylic acid groups (broad SMARTS) is 1. The standard InChI is InChI=1S/C15H24N2O2S/c1-3-13-8-16-15(20-10-14(18)19)17(13)9-12-6-4-11(2)5-7-12/h8,11-12H,3-7,9-10H2,1-2H3,(H,18,19). The van der Waals surface area contributed by atoms with E-state index in [1.54, 1.807) is 0 Å². The number of aryl methyl sites for hydroxylation is 1. The summed E-state index contributed by atoms with van der Waals surface area (Å²) in [6.45, 7) is 5.46. The van der Waals surface area contributed by atoms with Crippen LogP contribution in [-0.2, 0) is 17.8 Å². The lowest BCUT2D eigenvalue weighted by atomic mass is 9.83. The van der Waals surface area contributed by atoms with E-state index in [2.05, 4.69) is 23.4 Å². The van der Waals surface area contributed by atoms with E-state index in [0.717, 1.165) is 30.0 Å². The van der Waals surface area contributed by atoms with Crippen LogP contribution in [0.3, 0.4) is 0 Å². The lowest BCUT2D eigenvalue weighted by molar-refractivity contribution is -0.133. The zero-order chi connectivity index (χ0) is 14.5. The first-order chi connectivity index (χ1) is 9.60. The van der Waals surface area contributed by atoms with Gasteiger partial charge in [-0.15, -0.1) is 0 Å². The molecule has 4 nitrogen and oxygen atoms in total. The quantitative estimate of drug-likeness (QED) is 0.817. The third kappa shape index (κ3) is 4.01. The van der Waals surface area contributed by atoms with Crippen LogP contribution in [0.4, 0.5) is 0 Å². The number of hydrogen-bond acceptors (Lipinski definition) is 3. The molecule has 0 spiro atoms. The molecule has 0 aliphatic heterocycles. The van der Waals surface area contributed by atoms with Gasteiger partial charge in [0.25, 0.3) is 0 Å². The normalized spacial score (nSPS) is 22.9. The molecule has 1 saturated carbocycles. The van der Waals surface area contributed by atoms with Crippen molar-refractivity contribution in [3.63, 3.8) is 0 Å². The summed E-state index contributed by atoms with van der Waals surface area (Å²) in [6.07, 6.45) is 8.05. The Kier molecular flexibility index (Phi) is 5.52. The SMILES string of the molecule is CCc1cnc(SCC(=O)O)n1CC1CCC(C)CC1. The number of hydrogen-bond donors (Lipinski definition) is 1. The van der Waals surface area contributed by atoms with Gasteiger partial charge in [0, 0.05) is 18.4 Å². The van der Waals surface area contributed by atoms with E-state index < -0.39 is 5.97 Å². The summed E-state index contributed by atoms with van der Waals surface area (Å²) in [5, 5.41) is 9.69. The molecule has 112 valence electrons. The van der Waals surface area contributed by atoms with E-state index in [1.165, 1.54) is 43.1 Å². The fourth-order valence-corrected chi connectivity index (χ4v) is 3.61. The molecule has 5 heteroatoms. The molecule has 0 saturated heterocycles. The van der Waals surface area contributed by atoms with Gasteiger partial charge in [-0.3, -0.25) is 4.79 Å². The number of carbonyl (C=O) groups is 1. The van der Waals surface area contributed by atoms with Crippen molar-refractivity contribution < 1.29 is 9.90 Å². The van der Waals surface area contributed by atoms with Gasteiger partial charge in [0.05, 0.1) is 5.75 Å². The average molecular weight is 296 g/mol. The topological polar surface area (TPSA) is 55.1 Å². The zero-order valence-corrected chi connectivity index (χ0v) is 13.2. The smallest absolute Gasteiger partial charge is 0.313 e. The van der Waals surface area contributed by atoms with E-state index in [4.69, 9.17) is 5.11 Å². The number of carboxylic acids is 1. The Morgan fingerprint density at radius 2 is 2.15 bits per heavy atom. The number of rotatable bonds is 6. The first-order valence-corrected chi connectivity index (χ1v) is 8.47. The Morgan fingerprint density at radius 1 is 1.45 bits per heavy atom. The number of nitrogens with zero attached hydrogens (tertiary/aromatic N) is 2.